The average Bonchev–Trinajstić information content (AvgIpc) is 2.90. The van der Waals surface area contributed by atoms with Gasteiger partial charge in [-0.2, -0.15) is 0 Å². The van der Waals surface area contributed by atoms with E-state index in [9.17, 15) is 4.79 Å². The minimum absolute atomic E-state index is 0.184. The second-order valence-electron chi connectivity index (χ2n) is 4.67. The summed E-state index contributed by atoms with van der Waals surface area (Å²) in [6, 6.07) is 1.64. The van der Waals surface area contributed by atoms with Crippen molar-refractivity contribution in [1.82, 2.24) is 10.2 Å². The van der Waals surface area contributed by atoms with Crippen molar-refractivity contribution in [3.8, 4) is 0 Å². The number of rotatable bonds is 1. The van der Waals surface area contributed by atoms with E-state index in [-0.39, 0.29) is 6.03 Å². The third kappa shape index (κ3) is 1.35. The molecule has 2 saturated carbocycles. The number of halogens is 1. The number of hydrogen-bond acceptors (Lipinski definition) is 1. The molecule has 14 heavy (non-hydrogen) atoms. The fourth-order valence-corrected chi connectivity index (χ4v) is 3.39. The van der Waals surface area contributed by atoms with Gasteiger partial charge in [0.1, 0.15) is 0 Å². The van der Waals surface area contributed by atoms with Crippen molar-refractivity contribution in [1.29, 1.82) is 0 Å². The Bertz CT molecular complexity index is 267. The smallest absolute Gasteiger partial charge is 0.318 e. The number of urea groups is 1. The van der Waals surface area contributed by atoms with Gasteiger partial charge in [-0.1, -0.05) is 15.9 Å². The van der Waals surface area contributed by atoms with Crippen LogP contribution in [0.3, 0.4) is 0 Å². The first kappa shape index (κ1) is 9.01. The lowest BCUT2D eigenvalue weighted by molar-refractivity contribution is 0.188. The molecule has 3 rings (SSSR count). The van der Waals surface area contributed by atoms with Crippen LogP contribution in [-0.4, -0.2) is 33.9 Å². The highest BCUT2D eigenvalue weighted by Crippen LogP contribution is 2.38. The monoisotopic (exact) mass is 258 g/mol. The number of amides is 2. The van der Waals surface area contributed by atoms with Crippen molar-refractivity contribution < 1.29 is 4.79 Å². The van der Waals surface area contributed by atoms with Gasteiger partial charge in [0.05, 0.1) is 12.1 Å². The molecule has 78 valence electrons. The van der Waals surface area contributed by atoms with Gasteiger partial charge >= 0.3 is 6.03 Å². The Balaban J connectivity index is 1.80. The number of nitrogens with one attached hydrogen (secondary N) is 1. The maximum absolute atomic E-state index is 11.7. The van der Waals surface area contributed by atoms with E-state index in [0.717, 1.165) is 12.8 Å². The predicted molar refractivity (Wildman–Crippen MR) is 57.5 cm³/mol. The summed E-state index contributed by atoms with van der Waals surface area (Å²) in [4.78, 5) is 14.4. The number of alkyl halides is 1. The van der Waals surface area contributed by atoms with Crippen molar-refractivity contribution in [2.45, 2.75) is 55.1 Å². The molecule has 3 atom stereocenters. The quantitative estimate of drug-likeness (QED) is 0.716. The van der Waals surface area contributed by atoms with E-state index < -0.39 is 0 Å². The van der Waals surface area contributed by atoms with Crippen LogP contribution in [0.1, 0.15) is 32.1 Å². The molecule has 1 heterocycles. The average molecular weight is 259 g/mol. The molecule has 0 radical (unpaired) electrons. The molecule has 0 aromatic carbocycles. The molecule has 0 spiro atoms. The molecule has 3 unspecified atom stereocenters. The lowest BCUT2D eigenvalue weighted by Gasteiger charge is -2.32. The second-order valence-corrected chi connectivity index (χ2v) is 5.97. The second kappa shape index (κ2) is 3.12. The first-order chi connectivity index (χ1) is 6.75. The van der Waals surface area contributed by atoms with Gasteiger partial charge in [-0.05, 0) is 32.1 Å². The summed E-state index contributed by atoms with van der Waals surface area (Å²) in [7, 11) is 0. The molecule has 2 amide bonds. The van der Waals surface area contributed by atoms with Gasteiger partial charge in [-0.15, -0.1) is 0 Å². The molecule has 3 fully saturated rings. The van der Waals surface area contributed by atoms with E-state index >= 15 is 0 Å². The minimum atomic E-state index is 0.184. The van der Waals surface area contributed by atoms with Gasteiger partial charge in [0.25, 0.3) is 0 Å². The van der Waals surface area contributed by atoms with Crippen molar-refractivity contribution in [3.05, 3.63) is 0 Å². The van der Waals surface area contributed by atoms with Gasteiger partial charge in [0, 0.05) is 10.9 Å². The molecule has 0 bridgehead atoms. The molecular formula is C10H15BrN2O. The molecule has 0 aromatic heterocycles. The van der Waals surface area contributed by atoms with E-state index in [2.05, 4.69) is 26.1 Å². The Labute approximate surface area is 92.3 Å². The maximum Gasteiger partial charge on any atom is 0.318 e. The topological polar surface area (TPSA) is 32.3 Å². The standard InChI is InChI=1S/C10H15BrN2O/c11-6-1-4-8-9(5-6)13(7-2-3-7)10(14)12-8/h6-9H,1-5H2,(H,12,14). The van der Waals surface area contributed by atoms with Gasteiger partial charge in [-0.3, -0.25) is 0 Å². The van der Waals surface area contributed by atoms with Gasteiger partial charge in [0.2, 0.25) is 0 Å². The zero-order chi connectivity index (χ0) is 9.71. The van der Waals surface area contributed by atoms with E-state index in [0.29, 0.717) is 23.0 Å². The zero-order valence-electron chi connectivity index (χ0n) is 8.08. The van der Waals surface area contributed by atoms with Gasteiger partial charge in [-0.25, -0.2) is 4.79 Å². The fraction of sp³-hybridized carbons (Fsp3) is 0.900. The Morgan fingerprint density at radius 1 is 1.29 bits per heavy atom. The molecule has 3 aliphatic rings. The van der Waals surface area contributed by atoms with Crippen LogP contribution in [0.25, 0.3) is 0 Å². The lowest BCUT2D eigenvalue weighted by atomic mass is 9.91. The van der Waals surface area contributed by atoms with Crippen LogP contribution in [-0.2, 0) is 0 Å². The number of carbonyl (C=O) groups is 1. The lowest BCUT2D eigenvalue weighted by Crippen LogP contribution is -2.42. The summed E-state index contributed by atoms with van der Waals surface area (Å²) >= 11 is 3.68. The Hall–Kier alpha value is -0.250. The Morgan fingerprint density at radius 3 is 2.79 bits per heavy atom. The summed E-state index contributed by atoms with van der Waals surface area (Å²) in [6.07, 6.45) is 5.88. The highest BCUT2D eigenvalue weighted by molar-refractivity contribution is 9.09. The summed E-state index contributed by atoms with van der Waals surface area (Å²) < 4.78 is 0. The number of nitrogens with zero attached hydrogens (tertiary/aromatic N) is 1. The van der Waals surface area contributed by atoms with E-state index in [1.807, 2.05) is 0 Å². The Morgan fingerprint density at radius 2 is 2.07 bits per heavy atom. The summed E-state index contributed by atoms with van der Waals surface area (Å²) in [5.74, 6) is 0. The molecular weight excluding hydrogens is 244 g/mol. The van der Waals surface area contributed by atoms with E-state index in [1.165, 1.54) is 19.3 Å². The molecule has 1 N–H and O–H groups in total. The highest BCUT2D eigenvalue weighted by atomic mass is 79.9. The van der Waals surface area contributed by atoms with Crippen LogP contribution in [0, 0.1) is 0 Å². The van der Waals surface area contributed by atoms with E-state index in [1.54, 1.807) is 0 Å². The van der Waals surface area contributed by atoms with Crippen molar-refractivity contribution in [3.63, 3.8) is 0 Å². The molecule has 2 aliphatic carbocycles. The van der Waals surface area contributed by atoms with Crippen LogP contribution in [0.4, 0.5) is 4.79 Å². The first-order valence-electron chi connectivity index (χ1n) is 5.48. The third-order valence-corrected chi connectivity index (χ3v) is 4.43. The molecule has 1 aliphatic heterocycles. The molecule has 3 nitrogen and oxygen atoms in total. The largest absolute Gasteiger partial charge is 0.333 e. The van der Waals surface area contributed by atoms with Crippen molar-refractivity contribution in [2.24, 2.45) is 0 Å². The fourth-order valence-electron chi connectivity index (χ4n) is 2.75. The predicted octanol–water partition coefficient (Wildman–Crippen LogP) is 1.86. The minimum Gasteiger partial charge on any atom is -0.333 e. The molecule has 0 aromatic rings. The van der Waals surface area contributed by atoms with Crippen LogP contribution in [0.5, 0.6) is 0 Å². The number of hydrogen-bond donors (Lipinski definition) is 1. The summed E-state index contributed by atoms with van der Waals surface area (Å²) in [6.45, 7) is 0. The van der Waals surface area contributed by atoms with Crippen LogP contribution in [0.2, 0.25) is 0 Å². The van der Waals surface area contributed by atoms with Crippen LogP contribution >= 0.6 is 15.9 Å². The van der Waals surface area contributed by atoms with Crippen LogP contribution in [0.15, 0.2) is 0 Å². The molecule has 4 heteroatoms. The Kier molecular flexibility index (Phi) is 2.01. The van der Waals surface area contributed by atoms with Crippen molar-refractivity contribution in [2.75, 3.05) is 0 Å². The zero-order valence-corrected chi connectivity index (χ0v) is 9.66. The maximum atomic E-state index is 11.7. The first-order valence-corrected chi connectivity index (χ1v) is 6.40. The van der Waals surface area contributed by atoms with E-state index in [4.69, 9.17) is 0 Å². The molecule has 1 saturated heterocycles. The van der Waals surface area contributed by atoms with Gasteiger partial charge < -0.3 is 10.2 Å². The third-order valence-electron chi connectivity index (χ3n) is 3.59. The number of fused-ring (bicyclic) bond motifs is 1. The summed E-state index contributed by atoms with van der Waals surface area (Å²) in [5, 5.41) is 3.11. The normalized spacial score (nSPS) is 42.2. The SMILES string of the molecule is O=C1NC2CCC(Br)CC2N1C1CC1. The number of carbonyl (C=O) groups excluding carboxylic acids is 1. The highest BCUT2D eigenvalue weighted by Gasteiger charge is 2.48. The summed E-state index contributed by atoms with van der Waals surface area (Å²) in [5.41, 5.74) is 0. The van der Waals surface area contributed by atoms with Gasteiger partial charge in [0.15, 0.2) is 0 Å². The van der Waals surface area contributed by atoms with Crippen molar-refractivity contribution >= 4 is 22.0 Å². The van der Waals surface area contributed by atoms with Crippen LogP contribution < -0.4 is 5.32 Å².